The molecule has 25 heavy (non-hydrogen) atoms. The monoisotopic (exact) mass is 344 g/mol. The molecule has 2 aromatic rings. The molecule has 0 spiro atoms. The summed E-state index contributed by atoms with van der Waals surface area (Å²) in [4.78, 5) is 24.2. The van der Waals surface area contributed by atoms with E-state index in [1.165, 1.54) is 0 Å². The van der Waals surface area contributed by atoms with Gasteiger partial charge in [0, 0.05) is 38.1 Å². The zero-order chi connectivity index (χ0) is 17.8. The van der Waals surface area contributed by atoms with E-state index in [0.29, 0.717) is 24.5 Å². The van der Waals surface area contributed by atoms with Gasteiger partial charge in [-0.2, -0.15) is 5.10 Å². The molecule has 1 N–H and O–H groups in total. The molecule has 0 unspecified atom stereocenters. The van der Waals surface area contributed by atoms with E-state index >= 15 is 0 Å². The van der Waals surface area contributed by atoms with Crippen molar-refractivity contribution in [2.75, 3.05) is 19.7 Å². The fourth-order valence-electron chi connectivity index (χ4n) is 3.27. The lowest BCUT2D eigenvalue weighted by atomic mass is 9.94. The molecule has 1 amide bonds. The highest BCUT2D eigenvalue weighted by molar-refractivity contribution is 6.05. The first-order valence-electron chi connectivity index (χ1n) is 8.70. The second-order valence-corrected chi connectivity index (χ2v) is 6.42. The smallest absolute Gasteiger partial charge is 0.306 e. The van der Waals surface area contributed by atoms with Crippen LogP contribution in [0.1, 0.15) is 36.5 Å². The van der Waals surface area contributed by atoms with Crippen molar-refractivity contribution in [1.29, 1.82) is 0 Å². The number of amides is 1. The van der Waals surface area contributed by atoms with Crippen molar-refractivity contribution in [3.05, 3.63) is 30.0 Å². The predicted molar refractivity (Wildman–Crippen MR) is 93.7 cm³/mol. The molecule has 134 valence electrons. The van der Waals surface area contributed by atoms with Crippen LogP contribution in [0.15, 0.2) is 24.4 Å². The number of hydrazine groups is 1. The number of aromatic nitrogens is 2. The van der Waals surface area contributed by atoms with E-state index in [-0.39, 0.29) is 11.9 Å². The fourth-order valence-corrected chi connectivity index (χ4v) is 3.27. The predicted octanol–water partition coefficient (Wildman–Crippen LogP) is 1.88. The Hall–Kier alpha value is -2.41. The minimum absolute atomic E-state index is 0.123. The van der Waals surface area contributed by atoms with Gasteiger partial charge in [-0.05, 0) is 37.8 Å². The Bertz CT molecular complexity index is 763. The Labute approximate surface area is 146 Å². The van der Waals surface area contributed by atoms with Crippen LogP contribution in [0.2, 0.25) is 0 Å². The van der Waals surface area contributed by atoms with E-state index in [0.717, 1.165) is 36.8 Å². The first-order chi connectivity index (χ1) is 12.1. The number of rotatable bonds is 5. The molecule has 1 saturated heterocycles. The molecule has 0 radical (unpaired) electrons. The van der Waals surface area contributed by atoms with Crippen LogP contribution in [0.3, 0.4) is 0 Å². The molecular formula is C18H24N4O3. The normalized spacial score (nSPS) is 16.1. The van der Waals surface area contributed by atoms with Crippen molar-refractivity contribution < 1.29 is 14.3 Å². The molecule has 2 heterocycles. The number of benzene rings is 1. The zero-order valence-corrected chi connectivity index (χ0v) is 14.7. The lowest BCUT2D eigenvalue weighted by molar-refractivity contribution is -0.144. The maximum atomic E-state index is 12.6. The third-order valence-electron chi connectivity index (χ3n) is 4.54. The van der Waals surface area contributed by atoms with Gasteiger partial charge in [-0.3, -0.25) is 19.7 Å². The molecular weight excluding hydrogens is 320 g/mol. The number of fused-ring (bicyclic) bond motifs is 1. The molecule has 7 nitrogen and oxygen atoms in total. The molecule has 1 aliphatic heterocycles. The quantitative estimate of drug-likeness (QED) is 0.838. The van der Waals surface area contributed by atoms with Crippen LogP contribution in [0.5, 0.6) is 0 Å². The largest absolute Gasteiger partial charge is 0.466 e. The summed E-state index contributed by atoms with van der Waals surface area (Å²) >= 11 is 0. The SMILES string of the molecule is CCOC(=O)CC1CCN(NC(=O)c2cccc3nn(C)cc23)CC1. The molecule has 7 heteroatoms. The van der Waals surface area contributed by atoms with Crippen LogP contribution in [0, 0.1) is 5.92 Å². The van der Waals surface area contributed by atoms with Gasteiger partial charge in [0.05, 0.1) is 17.7 Å². The first kappa shape index (κ1) is 17.4. The minimum atomic E-state index is -0.131. The van der Waals surface area contributed by atoms with Gasteiger partial charge >= 0.3 is 5.97 Å². The number of ether oxygens (including phenoxy) is 1. The van der Waals surface area contributed by atoms with Crippen LogP contribution in [0.25, 0.3) is 10.9 Å². The molecule has 3 rings (SSSR count). The Morgan fingerprint density at radius 1 is 1.32 bits per heavy atom. The Morgan fingerprint density at radius 2 is 2.08 bits per heavy atom. The standard InChI is InChI=1S/C18H24N4O3/c1-3-25-17(23)11-13-7-9-22(10-8-13)20-18(24)14-5-4-6-16-15(14)12-21(2)19-16/h4-6,12-13H,3,7-11H2,1-2H3,(H,20,24). The second-order valence-electron chi connectivity index (χ2n) is 6.42. The van der Waals surface area contributed by atoms with Crippen LogP contribution in [-0.4, -0.2) is 46.4 Å². The molecule has 0 aliphatic carbocycles. The van der Waals surface area contributed by atoms with E-state index in [1.807, 2.05) is 43.4 Å². The number of aryl methyl sites for hydroxylation is 1. The van der Waals surface area contributed by atoms with Crippen LogP contribution in [0.4, 0.5) is 0 Å². The van der Waals surface area contributed by atoms with Gasteiger partial charge in [-0.1, -0.05) is 6.07 Å². The Kier molecular flexibility index (Phi) is 5.33. The molecule has 1 aromatic carbocycles. The van der Waals surface area contributed by atoms with Gasteiger partial charge in [0.15, 0.2) is 0 Å². The topological polar surface area (TPSA) is 76.5 Å². The van der Waals surface area contributed by atoms with Crippen molar-refractivity contribution in [2.45, 2.75) is 26.2 Å². The minimum Gasteiger partial charge on any atom is -0.466 e. The molecule has 1 fully saturated rings. The van der Waals surface area contributed by atoms with Crippen molar-refractivity contribution in [3.63, 3.8) is 0 Å². The highest BCUT2D eigenvalue weighted by Crippen LogP contribution is 2.21. The highest BCUT2D eigenvalue weighted by Gasteiger charge is 2.23. The summed E-state index contributed by atoms with van der Waals surface area (Å²) in [6.45, 7) is 3.71. The number of hydrogen-bond acceptors (Lipinski definition) is 5. The number of hydrogen-bond donors (Lipinski definition) is 1. The van der Waals surface area contributed by atoms with Gasteiger partial charge in [-0.25, -0.2) is 5.01 Å². The highest BCUT2D eigenvalue weighted by atomic mass is 16.5. The van der Waals surface area contributed by atoms with E-state index in [2.05, 4.69) is 10.5 Å². The van der Waals surface area contributed by atoms with Gasteiger partial charge < -0.3 is 4.74 Å². The summed E-state index contributed by atoms with van der Waals surface area (Å²) in [5.74, 6) is 0.0737. The summed E-state index contributed by atoms with van der Waals surface area (Å²) < 4.78 is 6.72. The van der Waals surface area contributed by atoms with Gasteiger partial charge in [0.1, 0.15) is 0 Å². The third-order valence-corrected chi connectivity index (χ3v) is 4.54. The number of nitrogens with one attached hydrogen (secondary N) is 1. The third kappa shape index (κ3) is 4.17. The number of piperidine rings is 1. The number of nitrogens with zero attached hydrogens (tertiary/aromatic N) is 3. The van der Waals surface area contributed by atoms with Crippen molar-refractivity contribution in [2.24, 2.45) is 13.0 Å². The number of esters is 1. The lowest BCUT2D eigenvalue weighted by Crippen LogP contribution is -2.46. The molecule has 0 atom stereocenters. The molecule has 1 aromatic heterocycles. The summed E-state index contributed by atoms with van der Waals surface area (Å²) in [5.41, 5.74) is 4.41. The molecule has 1 aliphatic rings. The van der Waals surface area contributed by atoms with Crippen molar-refractivity contribution >= 4 is 22.8 Å². The van der Waals surface area contributed by atoms with E-state index in [4.69, 9.17) is 4.74 Å². The second kappa shape index (κ2) is 7.65. The zero-order valence-electron chi connectivity index (χ0n) is 14.7. The average Bonchev–Trinajstić information content (AvgIpc) is 2.96. The van der Waals surface area contributed by atoms with E-state index < -0.39 is 0 Å². The maximum Gasteiger partial charge on any atom is 0.306 e. The van der Waals surface area contributed by atoms with Crippen molar-refractivity contribution in [1.82, 2.24) is 20.2 Å². The van der Waals surface area contributed by atoms with E-state index in [1.54, 1.807) is 4.68 Å². The van der Waals surface area contributed by atoms with Crippen molar-refractivity contribution in [3.8, 4) is 0 Å². The summed E-state index contributed by atoms with van der Waals surface area (Å²) in [7, 11) is 1.84. The number of carbonyl (C=O) groups is 2. The van der Waals surface area contributed by atoms with Gasteiger partial charge in [0.25, 0.3) is 5.91 Å². The average molecular weight is 344 g/mol. The van der Waals surface area contributed by atoms with Crippen LogP contribution >= 0.6 is 0 Å². The summed E-state index contributed by atoms with van der Waals surface area (Å²) in [6, 6.07) is 5.55. The van der Waals surface area contributed by atoms with Gasteiger partial charge in [-0.15, -0.1) is 0 Å². The summed E-state index contributed by atoms with van der Waals surface area (Å²) in [5, 5.41) is 7.11. The lowest BCUT2D eigenvalue weighted by Gasteiger charge is -2.31. The Balaban J connectivity index is 1.56. The van der Waals surface area contributed by atoms with Crippen LogP contribution < -0.4 is 5.43 Å². The van der Waals surface area contributed by atoms with Crippen LogP contribution in [-0.2, 0) is 16.6 Å². The maximum absolute atomic E-state index is 12.6. The first-order valence-corrected chi connectivity index (χ1v) is 8.70. The molecule has 0 saturated carbocycles. The number of carbonyl (C=O) groups excluding carboxylic acids is 2. The summed E-state index contributed by atoms with van der Waals surface area (Å²) in [6.07, 6.45) is 4.06. The van der Waals surface area contributed by atoms with E-state index in [9.17, 15) is 9.59 Å². The van der Waals surface area contributed by atoms with Gasteiger partial charge in [0.2, 0.25) is 0 Å². The molecule has 0 bridgehead atoms. The Morgan fingerprint density at radius 3 is 2.80 bits per heavy atom. The fraction of sp³-hybridized carbons (Fsp3) is 0.500.